The molecule has 3 aromatic rings. The van der Waals surface area contributed by atoms with Crippen molar-refractivity contribution in [2.24, 2.45) is 0 Å². The Kier molecular flexibility index (Phi) is 3.74. The van der Waals surface area contributed by atoms with Gasteiger partial charge in [-0.15, -0.1) is 0 Å². The van der Waals surface area contributed by atoms with Crippen LogP contribution in [0.3, 0.4) is 0 Å². The number of hydrogen-bond acceptors (Lipinski definition) is 3. The molecule has 0 radical (unpaired) electrons. The number of rotatable bonds is 4. The van der Waals surface area contributed by atoms with Gasteiger partial charge >= 0.3 is 0 Å². The van der Waals surface area contributed by atoms with Gasteiger partial charge in [-0.1, -0.05) is 6.07 Å². The Morgan fingerprint density at radius 2 is 2.23 bits per heavy atom. The molecule has 0 bridgehead atoms. The summed E-state index contributed by atoms with van der Waals surface area (Å²) in [5.41, 5.74) is 2.47. The second-order valence-corrected chi connectivity index (χ2v) is 5.18. The number of aromatic amines is 1. The van der Waals surface area contributed by atoms with E-state index in [1.807, 2.05) is 37.4 Å². The molecular formula is C16H17N5O. The van der Waals surface area contributed by atoms with Crippen LogP contribution in [0.15, 0.2) is 48.9 Å². The van der Waals surface area contributed by atoms with Gasteiger partial charge in [-0.3, -0.25) is 4.79 Å². The van der Waals surface area contributed by atoms with Crippen molar-refractivity contribution in [1.82, 2.24) is 24.6 Å². The predicted octanol–water partition coefficient (Wildman–Crippen LogP) is 2.18. The second kappa shape index (κ2) is 5.85. The fourth-order valence-corrected chi connectivity index (χ4v) is 2.27. The number of nitrogens with zero attached hydrogens (tertiary/aromatic N) is 4. The van der Waals surface area contributed by atoms with Gasteiger partial charge in [0.2, 0.25) is 0 Å². The lowest BCUT2D eigenvalue weighted by Gasteiger charge is -2.16. The number of carbonyl (C=O) groups excluding carboxylic acids is 1. The Balaban J connectivity index is 1.78. The fraction of sp³-hybridized carbons (Fsp3) is 0.188. The molecule has 0 aliphatic heterocycles. The molecule has 2 aromatic heterocycles. The van der Waals surface area contributed by atoms with Gasteiger partial charge < -0.3 is 9.88 Å². The molecule has 1 N–H and O–H groups in total. The summed E-state index contributed by atoms with van der Waals surface area (Å²) in [6.07, 6.45) is 5.31. The van der Waals surface area contributed by atoms with Crippen LogP contribution in [-0.4, -0.2) is 37.6 Å². The molecule has 0 saturated carbocycles. The highest BCUT2D eigenvalue weighted by Gasteiger charge is 2.14. The Hall–Kier alpha value is -2.89. The molecule has 0 aliphatic carbocycles. The Morgan fingerprint density at radius 1 is 1.36 bits per heavy atom. The van der Waals surface area contributed by atoms with Crippen LogP contribution in [0.4, 0.5) is 0 Å². The zero-order chi connectivity index (χ0) is 15.5. The van der Waals surface area contributed by atoms with Crippen molar-refractivity contribution < 1.29 is 4.79 Å². The van der Waals surface area contributed by atoms with Crippen molar-refractivity contribution in [3.8, 4) is 5.69 Å². The number of carbonyl (C=O) groups is 1. The first kappa shape index (κ1) is 14.1. The number of aromatic nitrogens is 4. The van der Waals surface area contributed by atoms with E-state index in [1.54, 1.807) is 35.1 Å². The van der Waals surface area contributed by atoms with Gasteiger partial charge in [-0.25, -0.2) is 9.67 Å². The van der Waals surface area contributed by atoms with Crippen molar-refractivity contribution in [3.05, 3.63) is 66.0 Å². The second-order valence-electron chi connectivity index (χ2n) is 5.18. The van der Waals surface area contributed by atoms with Gasteiger partial charge in [0.05, 0.1) is 12.2 Å². The van der Waals surface area contributed by atoms with Crippen LogP contribution >= 0.6 is 0 Å². The molecule has 0 aliphatic rings. The van der Waals surface area contributed by atoms with Crippen LogP contribution < -0.4 is 0 Å². The van der Waals surface area contributed by atoms with Crippen molar-refractivity contribution in [1.29, 1.82) is 0 Å². The van der Waals surface area contributed by atoms with Gasteiger partial charge in [0, 0.05) is 36.9 Å². The lowest BCUT2D eigenvalue weighted by atomic mass is 10.2. The summed E-state index contributed by atoms with van der Waals surface area (Å²) >= 11 is 0. The third-order valence-electron chi connectivity index (χ3n) is 3.35. The highest BCUT2D eigenvalue weighted by molar-refractivity contribution is 5.94. The van der Waals surface area contributed by atoms with E-state index in [0.29, 0.717) is 12.1 Å². The molecule has 0 unspecified atom stereocenters. The molecule has 6 nitrogen and oxygen atoms in total. The van der Waals surface area contributed by atoms with E-state index in [1.165, 1.54) is 0 Å². The molecule has 0 spiro atoms. The van der Waals surface area contributed by atoms with Crippen molar-refractivity contribution in [2.45, 2.75) is 13.5 Å². The van der Waals surface area contributed by atoms with Crippen LogP contribution in [0, 0.1) is 6.92 Å². The highest BCUT2D eigenvalue weighted by atomic mass is 16.2. The van der Waals surface area contributed by atoms with E-state index >= 15 is 0 Å². The van der Waals surface area contributed by atoms with Gasteiger partial charge in [0.25, 0.3) is 5.91 Å². The van der Waals surface area contributed by atoms with Crippen LogP contribution in [0.5, 0.6) is 0 Å². The van der Waals surface area contributed by atoms with E-state index < -0.39 is 0 Å². The maximum absolute atomic E-state index is 12.5. The van der Waals surface area contributed by atoms with Crippen LogP contribution in [-0.2, 0) is 6.54 Å². The molecule has 0 atom stereocenters. The standard InChI is InChI=1S/C16H17N5O/c1-12-10-17-15(19-12)11-20(2)16(22)13-5-3-6-14(9-13)21-8-4-7-18-21/h3-10H,11H2,1-2H3,(H,17,19). The topological polar surface area (TPSA) is 66.8 Å². The average Bonchev–Trinajstić information content (AvgIpc) is 3.18. The van der Waals surface area contributed by atoms with E-state index in [4.69, 9.17) is 0 Å². The highest BCUT2D eigenvalue weighted by Crippen LogP contribution is 2.12. The number of aryl methyl sites for hydroxylation is 1. The summed E-state index contributed by atoms with van der Waals surface area (Å²) in [7, 11) is 1.76. The van der Waals surface area contributed by atoms with Gasteiger partial charge in [-0.2, -0.15) is 5.10 Å². The number of benzene rings is 1. The number of amides is 1. The number of imidazole rings is 1. The van der Waals surface area contributed by atoms with Crippen molar-refractivity contribution in [2.75, 3.05) is 7.05 Å². The van der Waals surface area contributed by atoms with Crippen LogP contribution in [0.25, 0.3) is 5.69 Å². The smallest absolute Gasteiger partial charge is 0.254 e. The maximum Gasteiger partial charge on any atom is 0.254 e. The van der Waals surface area contributed by atoms with Crippen molar-refractivity contribution >= 4 is 5.91 Å². The van der Waals surface area contributed by atoms with Crippen LogP contribution in [0.2, 0.25) is 0 Å². The number of H-pyrrole nitrogens is 1. The van der Waals surface area contributed by atoms with Crippen LogP contribution in [0.1, 0.15) is 21.9 Å². The summed E-state index contributed by atoms with van der Waals surface area (Å²) in [6.45, 7) is 2.38. The van der Waals surface area contributed by atoms with Gasteiger partial charge in [0.15, 0.2) is 0 Å². The third-order valence-corrected chi connectivity index (χ3v) is 3.35. The Bertz CT molecular complexity index is 775. The molecule has 2 heterocycles. The predicted molar refractivity (Wildman–Crippen MR) is 82.7 cm³/mol. The molecule has 112 valence electrons. The Labute approximate surface area is 128 Å². The minimum absolute atomic E-state index is 0.0527. The summed E-state index contributed by atoms with van der Waals surface area (Å²) < 4.78 is 1.73. The van der Waals surface area contributed by atoms with Gasteiger partial charge in [0.1, 0.15) is 5.82 Å². The molecule has 6 heteroatoms. The number of hydrogen-bond donors (Lipinski definition) is 1. The largest absolute Gasteiger partial charge is 0.345 e. The molecule has 0 saturated heterocycles. The van der Waals surface area contributed by atoms with E-state index in [-0.39, 0.29) is 5.91 Å². The fourth-order valence-electron chi connectivity index (χ4n) is 2.27. The molecule has 0 fully saturated rings. The van der Waals surface area contributed by atoms with E-state index in [9.17, 15) is 4.79 Å². The summed E-state index contributed by atoms with van der Waals surface area (Å²) in [4.78, 5) is 21.5. The lowest BCUT2D eigenvalue weighted by Crippen LogP contribution is -2.26. The monoisotopic (exact) mass is 295 g/mol. The quantitative estimate of drug-likeness (QED) is 0.802. The lowest BCUT2D eigenvalue weighted by molar-refractivity contribution is 0.0782. The third kappa shape index (κ3) is 2.90. The number of nitrogens with one attached hydrogen (secondary N) is 1. The van der Waals surface area contributed by atoms with Gasteiger partial charge in [-0.05, 0) is 31.2 Å². The molecule has 22 heavy (non-hydrogen) atoms. The van der Waals surface area contributed by atoms with E-state index in [0.717, 1.165) is 17.2 Å². The first-order valence-electron chi connectivity index (χ1n) is 6.99. The summed E-state index contributed by atoms with van der Waals surface area (Å²) in [5.74, 6) is 0.722. The molecule has 1 amide bonds. The first-order valence-corrected chi connectivity index (χ1v) is 6.99. The van der Waals surface area contributed by atoms with Crippen molar-refractivity contribution in [3.63, 3.8) is 0 Å². The molecular weight excluding hydrogens is 278 g/mol. The average molecular weight is 295 g/mol. The zero-order valence-corrected chi connectivity index (χ0v) is 12.5. The van der Waals surface area contributed by atoms with E-state index in [2.05, 4.69) is 15.1 Å². The normalized spacial score (nSPS) is 10.6. The first-order chi connectivity index (χ1) is 10.6. The SMILES string of the molecule is Cc1cnc(CN(C)C(=O)c2cccc(-n3cccn3)c2)[nH]1. The summed E-state index contributed by atoms with van der Waals surface area (Å²) in [6, 6.07) is 9.26. The Morgan fingerprint density at radius 3 is 2.91 bits per heavy atom. The zero-order valence-electron chi connectivity index (χ0n) is 12.5. The molecule has 1 aromatic carbocycles. The maximum atomic E-state index is 12.5. The minimum atomic E-state index is -0.0527. The molecule has 3 rings (SSSR count). The summed E-state index contributed by atoms with van der Waals surface area (Å²) in [5, 5.41) is 4.18. The minimum Gasteiger partial charge on any atom is -0.345 e.